The monoisotopic (exact) mass is 459 g/mol. The van der Waals surface area contributed by atoms with Crippen LogP contribution in [-0.4, -0.2) is 56.5 Å². The summed E-state index contributed by atoms with van der Waals surface area (Å²) < 4.78 is 10.9. The van der Waals surface area contributed by atoms with Gasteiger partial charge in [0.2, 0.25) is 5.91 Å². The molecule has 1 heterocycles. The molecular weight excluding hydrogens is 430 g/mol. The molecular formula is C23H29N3O5S. The minimum absolute atomic E-state index is 0.0219. The van der Waals surface area contributed by atoms with Crippen LogP contribution in [0.2, 0.25) is 0 Å². The average molecular weight is 460 g/mol. The quantitative estimate of drug-likeness (QED) is 0.559. The van der Waals surface area contributed by atoms with Crippen LogP contribution < -0.4 is 15.4 Å². The van der Waals surface area contributed by atoms with E-state index >= 15 is 0 Å². The number of esters is 1. The summed E-state index contributed by atoms with van der Waals surface area (Å²) in [4.78, 5) is 39.6. The van der Waals surface area contributed by atoms with Crippen molar-refractivity contribution in [3.05, 3.63) is 39.8 Å². The fourth-order valence-corrected chi connectivity index (χ4v) is 4.72. The molecule has 2 amide bonds. The number of anilines is 2. The van der Waals surface area contributed by atoms with E-state index < -0.39 is 5.97 Å². The molecule has 1 aromatic heterocycles. The van der Waals surface area contributed by atoms with Gasteiger partial charge in [0.15, 0.2) is 6.61 Å². The number of aryl methyl sites for hydroxylation is 2. The summed E-state index contributed by atoms with van der Waals surface area (Å²) in [5.41, 5.74) is 3.06. The smallest absolute Gasteiger partial charge is 0.341 e. The molecule has 0 bridgehead atoms. The van der Waals surface area contributed by atoms with E-state index in [2.05, 4.69) is 10.6 Å². The first-order chi connectivity index (χ1) is 15.3. The summed E-state index contributed by atoms with van der Waals surface area (Å²) in [5.74, 6) is -0.343. The first-order valence-electron chi connectivity index (χ1n) is 10.6. The van der Waals surface area contributed by atoms with Gasteiger partial charge in [0.25, 0.3) is 5.91 Å². The zero-order valence-corrected chi connectivity index (χ0v) is 19.7. The largest absolute Gasteiger partial charge is 0.482 e. The number of carbonyl (C=O) groups is 3. The zero-order valence-electron chi connectivity index (χ0n) is 18.9. The lowest BCUT2D eigenvalue weighted by atomic mass is 10.1. The Bertz CT molecular complexity index is 1020. The molecule has 0 aliphatic heterocycles. The van der Waals surface area contributed by atoms with E-state index in [0.717, 1.165) is 35.3 Å². The second-order valence-electron chi connectivity index (χ2n) is 7.76. The molecule has 2 aromatic rings. The van der Waals surface area contributed by atoms with Crippen LogP contribution in [0.4, 0.5) is 10.7 Å². The molecule has 1 aliphatic carbocycles. The molecule has 32 heavy (non-hydrogen) atoms. The Labute approximate surface area is 191 Å². The van der Waals surface area contributed by atoms with Crippen molar-refractivity contribution < 1.29 is 23.9 Å². The highest BCUT2D eigenvalue weighted by Gasteiger charge is 2.28. The van der Waals surface area contributed by atoms with Gasteiger partial charge < -0.3 is 25.0 Å². The third-order valence-corrected chi connectivity index (χ3v) is 6.29. The minimum atomic E-state index is -0.394. The molecule has 172 valence electrons. The summed E-state index contributed by atoms with van der Waals surface area (Å²) in [5, 5.41) is 6.46. The fourth-order valence-electron chi connectivity index (χ4n) is 3.42. The molecule has 8 nitrogen and oxygen atoms in total. The zero-order chi connectivity index (χ0) is 23.3. The van der Waals surface area contributed by atoms with Crippen LogP contribution in [0.3, 0.4) is 0 Å². The van der Waals surface area contributed by atoms with E-state index in [0.29, 0.717) is 22.0 Å². The Morgan fingerprint density at radius 2 is 1.97 bits per heavy atom. The topological polar surface area (TPSA) is 97.0 Å². The molecule has 0 radical (unpaired) electrons. The predicted molar refractivity (Wildman–Crippen MR) is 125 cm³/mol. The molecule has 0 saturated carbocycles. The van der Waals surface area contributed by atoms with E-state index in [1.807, 2.05) is 25.1 Å². The summed E-state index contributed by atoms with van der Waals surface area (Å²) in [6.07, 6.45) is 2.75. The number of likely N-dealkylation sites (N-methyl/N-ethyl adjacent to an activating group) is 1. The van der Waals surface area contributed by atoms with Gasteiger partial charge in [-0.1, -0.05) is 6.07 Å². The number of thiophene rings is 1. The summed E-state index contributed by atoms with van der Waals surface area (Å²) >= 11 is 1.44. The van der Waals surface area contributed by atoms with Gasteiger partial charge in [0.1, 0.15) is 10.8 Å². The van der Waals surface area contributed by atoms with Gasteiger partial charge in [-0.05, 0) is 56.4 Å². The third-order valence-electron chi connectivity index (χ3n) is 5.08. The normalized spacial score (nSPS) is 12.1. The first-order valence-corrected chi connectivity index (χ1v) is 11.4. The molecule has 0 saturated heterocycles. The second-order valence-corrected chi connectivity index (χ2v) is 8.87. The van der Waals surface area contributed by atoms with E-state index in [1.165, 1.54) is 16.2 Å². The molecule has 2 N–H and O–H groups in total. The standard InChI is InChI=1S/C23H29N3O5S/c1-5-30-23(29)21-15-7-6-8-18(15)32-22(21)25-19(27)12-24-16-10-9-14(2)11-17(16)31-13-20(28)26(3)4/h9-11,24H,5-8,12-13H2,1-4H3,(H,25,27). The SMILES string of the molecule is CCOC(=O)c1c(NC(=O)CNc2ccc(C)cc2OCC(=O)N(C)C)sc2c1CCC2. The Kier molecular flexibility index (Phi) is 7.74. The summed E-state index contributed by atoms with van der Waals surface area (Å²) in [7, 11) is 3.33. The molecule has 0 spiro atoms. The maximum atomic E-state index is 12.7. The number of ether oxygens (including phenoxy) is 2. The van der Waals surface area contributed by atoms with E-state index in [1.54, 1.807) is 21.0 Å². The number of benzene rings is 1. The van der Waals surface area contributed by atoms with E-state index in [4.69, 9.17) is 9.47 Å². The number of rotatable bonds is 9. The van der Waals surface area contributed by atoms with E-state index in [-0.39, 0.29) is 31.6 Å². The van der Waals surface area contributed by atoms with Gasteiger partial charge in [-0.15, -0.1) is 11.3 Å². The van der Waals surface area contributed by atoms with Gasteiger partial charge >= 0.3 is 5.97 Å². The van der Waals surface area contributed by atoms with Crippen molar-refractivity contribution in [3.8, 4) is 5.75 Å². The van der Waals surface area contributed by atoms with Crippen LogP contribution in [0.15, 0.2) is 18.2 Å². The Hall–Kier alpha value is -3.07. The van der Waals surface area contributed by atoms with Gasteiger partial charge in [-0.25, -0.2) is 4.79 Å². The second kappa shape index (κ2) is 10.5. The molecule has 9 heteroatoms. The van der Waals surface area contributed by atoms with Crippen LogP contribution in [-0.2, 0) is 27.2 Å². The average Bonchev–Trinajstić information content (AvgIpc) is 3.32. The third kappa shape index (κ3) is 5.59. The van der Waals surface area contributed by atoms with E-state index in [9.17, 15) is 14.4 Å². The number of hydrogen-bond acceptors (Lipinski definition) is 7. The first kappa shape index (κ1) is 23.6. The fraction of sp³-hybridized carbons (Fsp3) is 0.435. The van der Waals surface area contributed by atoms with Gasteiger partial charge in [-0.3, -0.25) is 9.59 Å². The molecule has 1 aliphatic rings. The van der Waals surface area contributed by atoms with Crippen molar-refractivity contribution in [1.82, 2.24) is 4.90 Å². The van der Waals surface area contributed by atoms with Crippen molar-refractivity contribution in [1.29, 1.82) is 0 Å². The highest BCUT2D eigenvalue weighted by atomic mass is 32.1. The van der Waals surface area contributed by atoms with Crippen molar-refractivity contribution in [2.24, 2.45) is 0 Å². The molecule has 1 aromatic carbocycles. The summed E-state index contributed by atoms with van der Waals surface area (Å²) in [6, 6.07) is 5.51. The maximum absolute atomic E-state index is 12.7. The number of amides is 2. The molecule has 0 fully saturated rings. The highest BCUT2D eigenvalue weighted by molar-refractivity contribution is 7.17. The number of nitrogens with one attached hydrogen (secondary N) is 2. The minimum Gasteiger partial charge on any atom is -0.482 e. The number of hydrogen-bond donors (Lipinski definition) is 2. The molecule has 0 atom stereocenters. The van der Waals surface area contributed by atoms with Crippen molar-refractivity contribution in [3.63, 3.8) is 0 Å². The predicted octanol–water partition coefficient (Wildman–Crippen LogP) is 3.24. The van der Waals surface area contributed by atoms with Gasteiger partial charge in [0.05, 0.1) is 24.4 Å². The lowest BCUT2D eigenvalue weighted by Crippen LogP contribution is -2.28. The van der Waals surface area contributed by atoms with Gasteiger partial charge in [-0.2, -0.15) is 0 Å². The highest BCUT2D eigenvalue weighted by Crippen LogP contribution is 2.39. The van der Waals surface area contributed by atoms with Crippen molar-refractivity contribution >= 4 is 39.8 Å². The van der Waals surface area contributed by atoms with Crippen LogP contribution in [0, 0.1) is 6.92 Å². The van der Waals surface area contributed by atoms with Crippen molar-refractivity contribution in [2.75, 3.05) is 44.5 Å². The van der Waals surface area contributed by atoms with Crippen LogP contribution >= 0.6 is 11.3 Å². The number of nitrogens with zero attached hydrogens (tertiary/aromatic N) is 1. The van der Waals surface area contributed by atoms with Gasteiger partial charge in [0, 0.05) is 19.0 Å². The maximum Gasteiger partial charge on any atom is 0.341 e. The summed E-state index contributed by atoms with van der Waals surface area (Å²) in [6.45, 7) is 3.85. The van der Waals surface area contributed by atoms with Crippen LogP contribution in [0.5, 0.6) is 5.75 Å². The lowest BCUT2D eigenvalue weighted by molar-refractivity contribution is -0.130. The Balaban J connectivity index is 1.67. The Morgan fingerprint density at radius 1 is 1.19 bits per heavy atom. The van der Waals surface area contributed by atoms with Crippen molar-refractivity contribution in [2.45, 2.75) is 33.1 Å². The lowest BCUT2D eigenvalue weighted by Gasteiger charge is -2.16. The molecule has 3 rings (SSSR count). The van der Waals surface area contributed by atoms with Crippen LogP contribution in [0.25, 0.3) is 0 Å². The number of carbonyl (C=O) groups excluding carboxylic acids is 3. The Morgan fingerprint density at radius 3 is 2.69 bits per heavy atom. The van der Waals surface area contributed by atoms with Crippen LogP contribution in [0.1, 0.15) is 39.7 Å². The number of fused-ring (bicyclic) bond motifs is 1. The molecule has 0 unspecified atom stereocenters.